The summed E-state index contributed by atoms with van der Waals surface area (Å²) >= 11 is 0. The third kappa shape index (κ3) is 3.09. The molecule has 0 spiro atoms. The predicted molar refractivity (Wildman–Crippen MR) is 75.6 cm³/mol. The number of aromatic nitrogens is 2. The third-order valence-electron chi connectivity index (χ3n) is 3.29. The van der Waals surface area contributed by atoms with Gasteiger partial charge in [0.05, 0.1) is 11.2 Å². The average Bonchev–Trinajstić information content (AvgIpc) is 2.79. The summed E-state index contributed by atoms with van der Waals surface area (Å²) in [5.41, 5.74) is 2.20. The zero-order chi connectivity index (χ0) is 13.0. The third-order valence-corrected chi connectivity index (χ3v) is 3.29. The van der Waals surface area contributed by atoms with Gasteiger partial charge in [0.15, 0.2) is 0 Å². The summed E-state index contributed by atoms with van der Waals surface area (Å²) < 4.78 is 0. The van der Waals surface area contributed by atoms with Crippen LogP contribution in [0.4, 0.5) is 0 Å². The number of nitrogens with one attached hydrogen (secondary N) is 2. The summed E-state index contributed by atoms with van der Waals surface area (Å²) in [6, 6.07) is 8.67. The molecule has 0 saturated carbocycles. The summed E-state index contributed by atoms with van der Waals surface area (Å²) in [7, 11) is 2.14. The van der Waals surface area contributed by atoms with E-state index in [1.165, 1.54) is 5.39 Å². The van der Waals surface area contributed by atoms with E-state index in [9.17, 15) is 0 Å². The topological polar surface area (TPSA) is 44.0 Å². The lowest BCUT2D eigenvalue weighted by Crippen LogP contribution is -2.37. The van der Waals surface area contributed by atoms with E-state index in [0.717, 1.165) is 30.8 Å². The van der Waals surface area contributed by atoms with Gasteiger partial charge >= 0.3 is 0 Å². The number of hydrogen-bond acceptors (Lipinski definition) is 3. The van der Waals surface area contributed by atoms with Gasteiger partial charge in [-0.3, -0.25) is 5.10 Å². The number of H-pyrrole nitrogens is 1. The van der Waals surface area contributed by atoms with Crippen LogP contribution in [0, 0.1) is 0 Å². The second-order valence-corrected chi connectivity index (χ2v) is 4.86. The Labute approximate surface area is 108 Å². The zero-order valence-corrected chi connectivity index (χ0v) is 11.4. The molecule has 1 atom stereocenters. The lowest BCUT2D eigenvalue weighted by Gasteiger charge is -2.20. The fourth-order valence-electron chi connectivity index (χ4n) is 2.09. The van der Waals surface area contributed by atoms with Gasteiger partial charge in [0, 0.05) is 24.5 Å². The molecule has 1 heterocycles. The minimum atomic E-state index is 0.469. The van der Waals surface area contributed by atoms with Crippen LogP contribution in [0.2, 0.25) is 0 Å². The molecule has 0 aliphatic heterocycles. The van der Waals surface area contributed by atoms with Gasteiger partial charge in [0.25, 0.3) is 0 Å². The van der Waals surface area contributed by atoms with Crippen molar-refractivity contribution in [3.05, 3.63) is 30.0 Å². The summed E-state index contributed by atoms with van der Waals surface area (Å²) in [5.74, 6) is 0. The van der Waals surface area contributed by atoms with Gasteiger partial charge in [0.1, 0.15) is 0 Å². The van der Waals surface area contributed by atoms with E-state index in [1.807, 2.05) is 12.1 Å². The van der Waals surface area contributed by atoms with Crippen molar-refractivity contribution in [2.24, 2.45) is 0 Å². The summed E-state index contributed by atoms with van der Waals surface area (Å²) in [4.78, 5) is 2.31. The highest BCUT2D eigenvalue weighted by molar-refractivity contribution is 5.81. The zero-order valence-electron chi connectivity index (χ0n) is 11.4. The first-order valence-corrected chi connectivity index (χ1v) is 6.54. The lowest BCUT2D eigenvalue weighted by molar-refractivity contribution is 0.309. The van der Waals surface area contributed by atoms with Crippen LogP contribution in [0.25, 0.3) is 10.9 Å². The van der Waals surface area contributed by atoms with Crippen molar-refractivity contribution in [1.29, 1.82) is 0 Å². The molecule has 18 heavy (non-hydrogen) atoms. The number of likely N-dealkylation sites (N-methyl/N-ethyl adjacent to an activating group) is 1. The smallest absolute Gasteiger partial charge is 0.0924 e. The molecule has 0 aliphatic carbocycles. The van der Waals surface area contributed by atoms with Crippen LogP contribution in [0.15, 0.2) is 24.3 Å². The molecule has 4 nitrogen and oxygen atoms in total. The van der Waals surface area contributed by atoms with Crippen LogP contribution in [-0.2, 0) is 6.54 Å². The molecule has 2 aromatic rings. The molecule has 2 N–H and O–H groups in total. The Bertz CT molecular complexity index is 491. The molecule has 1 aromatic carbocycles. The van der Waals surface area contributed by atoms with E-state index < -0.39 is 0 Å². The van der Waals surface area contributed by atoms with Crippen LogP contribution >= 0.6 is 0 Å². The van der Waals surface area contributed by atoms with Gasteiger partial charge in [-0.15, -0.1) is 0 Å². The van der Waals surface area contributed by atoms with E-state index >= 15 is 0 Å². The molecule has 0 amide bonds. The maximum atomic E-state index is 4.30. The number of benzene rings is 1. The quantitative estimate of drug-likeness (QED) is 0.819. The van der Waals surface area contributed by atoms with Crippen LogP contribution in [0.3, 0.4) is 0 Å². The number of hydrogen-bond donors (Lipinski definition) is 2. The van der Waals surface area contributed by atoms with Gasteiger partial charge in [-0.05, 0) is 26.6 Å². The number of rotatable bonds is 6. The van der Waals surface area contributed by atoms with Crippen molar-refractivity contribution in [2.45, 2.75) is 26.4 Å². The Hall–Kier alpha value is -1.39. The van der Waals surface area contributed by atoms with Gasteiger partial charge < -0.3 is 10.2 Å². The fourth-order valence-corrected chi connectivity index (χ4v) is 2.09. The minimum Gasteiger partial charge on any atom is -0.307 e. The maximum Gasteiger partial charge on any atom is 0.0924 e. The molecular formula is C14H22N4. The van der Waals surface area contributed by atoms with Crippen molar-refractivity contribution in [2.75, 3.05) is 20.1 Å². The highest BCUT2D eigenvalue weighted by Gasteiger charge is 2.07. The lowest BCUT2D eigenvalue weighted by atomic mass is 10.2. The molecule has 1 aromatic heterocycles. The van der Waals surface area contributed by atoms with E-state index in [-0.39, 0.29) is 0 Å². The van der Waals surface area contributed by atoms with Gasteiger partial charge in [0.2, 0.25) is 0 Å². The highest BCUT2D eigenvalue weighted by atomic mass is 15.1. The van der Waals surface area contributed by atoms with Gasteiger partial charge in [-0.1, -0.05) is 25.1 Å². The Morgan fingerprint density at radius 1 is 1.39 bits per heavy atom. The summed E-state index contributed by atoms with van der Waals surface area (Å²) in [5, 5.41) is 12.1. The predicted octanol–water partition coefficient (Wildman–Crippen LogP) is 1.99. The monoisotopic (exact) mass is 246 g/mol. The van der Waals surface area contributed by atoms with Gasteiger partial charge in [-0.25, -0.2) is 0 Å². The van der Waals surface area contributed by atoms with Crippen molar-refractivity contribution >= 4 is 10.9 Å². The molecule has 0 radical (unpaired) electrons. The van der Waals surface area contributed by atoms with Gasteiger partial charge in [-0.2, -0.15) is 5.10 Å². The highest BCUT2D eigenvalue weighted by Crippen LogP contribution is 2.14. The first-order valence-electron chi connectivity index (χ1n) is 6.54. The Morgan fingerprint density at radius 2 is 2.17 bits per heavy atom. The maximum absolute atomic E-state index is 4.30. The Kier molecular flexibility index (Phi) is 4.33. The fraction of sp³-hybridized carbons (Fsp3) is 0.500. The number of para-hydroxylation sites is 1. The first-order chi connectivity index (χ1) is 8.70. The number of nitrogens with zero attached hydrogens (tertiary/aromatic N) is 2. The largest absolute Gasteiger partial charge is 0.307 e. The normalized spacial score (nSPS) is 13.3. The standard InChI is InChI=1S/C14H22N4/c1-4-18(3)10-11(2)15-9-14-12-7-5-6-8-13(12)16-17-14/h5-8,11,15H,4,9-10H2,1-3H3,(H,16,17). The van der Waals surface area contributed by atoms with Crippen molar-refractivity contribution in [1.82, 2.24) is 20.4 Å². The van der Waals surface area contributed by atoms with Crippen LogP contribution in [0.5, 0.6) is 0 Å². The van der Waals surface area contributed by atoms with E-state index in [0.29, 0.717) is 6.04 Å². The van der Waals surface area contributed by atoms with Crippen molar-refractivity contribution in [3.8, 4) is 0 Å². The average molecular weight is 246 g/mol. The summed E-state index contributed by atoms with van der Waals surface area (Å²) in [6.07, 6.45) is 0. The number of aromatic amines is 1. The number of fused-ring (bicyclic) bond motifs is 1. The molecule has 98 valence electrons. The van der Waals surface area contributed by atoms with E-state index in [2.05, 4.69) is 53.4 Å². The molecule has 0 saturated heterocycles. The van der Waals surface area contributed by atoms with E-state index in [4.69, 9.17) is 0 Å². The molecule has 0 bridgehead atoms. The van der Waals surface area contributed by atoms with E-state index in [1.54, 1.807) is 0 Å². The molecular weight excluding hydrogens is 224 g/mol. The molecule has 2 rings (SSSR count). The van der Waals surface area contributed by atoms with Crippen molar-refractivity contribution < 1.29 is 0 Å². The second kappa shape index (κ2) is 5.98. The van der Waals surface area contributed by atoms with Crippen LogP contribution in [-0.4, -0.2) is 41.3 Å². The second-order valence-electron chi connectivity index (χ2n) is 4.86. The Morgan fingerprint density at radius 3 is 2.94 bits per heavy atom. The summed E-state index contributed by atoms with van der Waals surface area (Å²) in [6.45, 7) is 7.36. The molecule has 4 heteroatoms. The molecule has 0 fully saturated rings. The minimum absolute atomic E-state index is 0.469. The van der Waals surface area contributed by atoms with Crippen molar-refractivity contribution in [3.63, 3.8) is 0 Å². The van der Waals surface area contributed by atoms with Crippen LogP contribution in [0.1, 0.15) is 19.5 Å². The SMILES string of the molecule is CCN(C)CC(C)NCc1[nH]nc2ccccc12. The van der Waals surface area contributed by atoms with Crippen LogP contribution < -0.4 is 5.32 Å². The Balaban J connectivity index is 1.94. The first kappa shape index (κ1) is 13.1. The molecule has 1 unspecified atom stereocenters. The molecule has 0 aliphatic rings.